The zero-order valence-electron chi connectivity index (χ0n) is 23.0. The van der Waals surface area contributed by atoms with Gasteiger partial charge in [-0.2, -0.15) is 13.2 Å². The molecular formula is C34H61F3O3. The first-order valence-corrected chi connectivity index (χ1v) is 13.7. The topological polar surface area (TPSA) is 46.5 Å². The van der Waals surface area contributed by atoms with Crippen LogP contribution in [-0.2, 0) is 15.1 Å². The number of rotatable bonds is 6. The molecule has 0 radical (unpaired) electrons. The third-order valence-corrected chi connectivity index (χ3v) is 9.71. The second-order valence-corrected chi connectivity index (χ2v) is 12.6. The van der Waals surface area contributed by atoms with Gasteiger partial charge in [0, 0.05) is 0 Å². The normalized spacial score (nSPS) is 28.6. The van der Waals surface area contributed by atoms with Crippen LogP contribution in [0.1, 0.15) is 140 Å². The van der Waals surface area contributed by atoms with E-state index in [4.69, 9.17) is 4.74 Å². The molecule has 5 rings (SSSR count). The van der Waals surface area contributed by atoms with Crippen molar-refractivity contribution in [1.82, 2.24) is 0 Å². The molecule has 2 atom stereocenters. The highest BCUT2D eigenvalue weighted by molar-refractivity contribution is 5.76. The zero-order chi connectivity index (χ0) is 27.1. The van der Waals surface area contributed by atoms with Gasteiger partial charge in [-0.15, -0.1) is 0 Å². The molecule has 40 heavy (non-hydrogen) atoms. The fourth-order valence-electron chi connectivity index (χ4n) is 6.30. The first-order valence-electron chi connectivity index (χ1n) is 13.7. The number of halogens is 3. The van der Waals surface area contributed by atoms with Crippen LogP contribution in [-0.4, -0.2) is 22.9 Å². The van der Waals surface area contributed by atoms with Gasteiger partial charge in [0.05, 0.1) is 5.41 Å². The number of hydrogen-bond acceptors (Lipinski definition) is 3. The summed E-state index contributed by atoms with van der Waals surface area (Å²) in [5, 5.41) is 9.48. The van der Waals surface area contributed by atoms with Crippen molar-refractivity contribution in [1.29, 1.82) is 0 Å². The Bertz CT molecular complexity index is 874. The fourth-order valence-corrected chi connectivity index (χ4v) is 6.30. The minimum Gasteiger partial charge on any atom is -0.458 e. The molecule has 0 aromatic heterocycles. The van der Waals surface area contributed by atoms with Crippen molar-refractivity contribution in [3.8, 4) is 0 Å². The predicted octanol–water partition coefficient (Wildman–Crippen LogP) is 10.7. The summed E-state index contributed by atoms with van der Waals surface area (Å²) in [7, 11) is 0. The summed E-state index contributed by atoms with van der Waals surface area (Å²) >= 11 is 0. The highest BCUT2D eigenvalue weighted by Crippen LogP contribution is 2.59. The number of esters is 1. The van der Waals surface area contributed by atoms with E-state index in [1.165, 1.54) is 44.2 Å². The smallest absolute Gasteiger partial charge is 0.421 e. The molecule has 0 saturated heterocycles. The zero-order valence-corrected chi connectivity index (χ0v) is 23.0. The monoisotopic (exact) mass is 574 g/mol. The van der Waals surface area contributed by atoms with Crippen molar-refractivity contribution in [2.45, 2.75) is 146 Å². The summed E-state index contributed by atoms with van der Waals surface area (Å²) in [6, 6.07) is 5.97. The van der Waals surface area contributed by atoms with Gasteiger partial charge >= 0.3 is 12.1 Å². The molecule has 2 unspecified atom stereocenters. The molecule has 0 spiro atoms. The molecule has 4 aliphatic carbocycles. The van der Waals surface area contributed by atoms with E-state index in [-0.39, 0.29) is 52.3 Å². The van der Waals surface area contributed by atoms with Gasteiger partial charge in [-0.25, -0.2) is 0 Å². The van der Waals surface area contributed by atoms with E-state index in [9.17, 15) is 23.1 Å². The average molecular weight is 575 g/mol. The van der Waals surface area contributed by atoms with Gasteiger partial charge in [-0.05, 0) is 113 Å². The minimum absolute atomic E-state index is 0. The standard InChI is InChI=1S/C17H28O2.C13H17F3O.4CH4/c1-5-16(2,3)15(18)19-17(4)13-7-11-6-12(9-13)10-14(17)8-11;1-4-9(2)10-5-7-11(8-6-10)12(3,17)13(14,15)16;;;;/h11-14H,5-10H2,1-4H3;5-9,17H,4H2,1-3H3;4*1H4. The van der Waals surface area contributed by atoms with Gasteiger partial charge in [-0.1, -0.05) is 74.7 Å². The van der Waals surface area contributed by atoms with E-state index >= 15 is 0 Å². The minimum atomic E-state index is -4.66. The highest BCUT2D eigenvalue weighted by atomic mass is 19.4. The Labute approximate surface area is 244 Å². The van der Waals surface area contributed by atoms with Gasteiger partial charge in [0.2, 0.25) is 0 Å². The highest BCUT2D eigenvalue weighted by Gasteiger charge is 2.57. The maximum atomic E-state index is 12.6. The van der Waals surface area contributed by atoms with Crippen LogP contribution < -0.4 is 0 Å². The summed E-state index contributed by atoms with van der Waals surface area (Å²) in [6.45, 7) is 13.1. The maximum Gasteiger partial charge on any atom is 0.421 e. The second kappa shape index (κ2) is 14.6. The molecule has 4 fully saturated rings. The van der Waals surface area contributed by atoms with E-state index in [1.54, 1.807) is 12.1 Å². The van der Waals surface area contributed by atoms with E-state index in [0.717, 1.165) is 37.2 Å². The van der Waals surface area contributed by atoms with E-state index < -0.39 is 11.8 Å². The van der Waals surface area contributed by atoms with Gasteiger partial charge in [0.25, 0.3) is 0 Å². The SMILES string of the molecule is C.C.C.C.CCC(C)(C)C(=O)OC1(C)C2CC3CC(C2)CC1C3.CCC(C)c1ccc(C(C)(O)C(F)(F)F)cc1. The van der Waals surface area contributed by atoms with Gasteiger partial charge < -0.3 is 9.84 Å². The Morgan fingerprint density at radius 1 is 0.925 bits per heavy atom. The lowest BCUT2D eigenvalue weighted by atomic mass is 9.50. The Hall–Kier alpha value is -1.56. The van der Waals surface area contributed by atoms with Crippen molar-refractivity contribution in [2.24, 2.45) is 29.1 Å². The summed E-state index contributed by atoms with van der Waals surface area (Å²) in [6.07, 6.45) is 3.74. The van der Waals surface area contributed by atoms with Crippen LogP contribution in [0.2, 0.25) is 0 Å². The maximum absolute atomic E-state index is 12.6. The lowest BCUT2D eigenvalue weighted by Crippen LogP contribution is -2.58. The van der Waals surface area contributed by atoms with Crippen LogP contribution >= 0.6 is 0 Å². The third kappa shape index (κ3) is 8.04. The Kier molecular flexibility index (Phi) is 14.8. The van der Waals surface area contributed by atoms with Crippen molar-refractivity contribution < 1.29 is 27.8 Å². The largest absolute Gasteiger partial charge is 0.458 e. The van der Waals surface area contributed by atoms with Gasteiger partial charge in [0.1, 0.15) is 5.60 Å². The Morgan fingerprint density at radius 3 is 1.70 bits per heavy atom. The number of carbonyl (C=O) groups excluding carboxylic acids is 1. The van der Waals surface area contributed by atoms with E-state index in [0.29, 0.717) is 17.8 Å². The van der Waals surface area contributed by atoms with Crippen LogP contribution in [0.25, 0.3) is 0 Å². The quantitative estimate of drug-likeness (QED) is 0.344. The molecule has 4 aliphatic rings. The second-order valence-electron chi connectivity index (χ2n) is 12.6. The van der Waals surface area contributed by atoms with Gasteiger partial charge in [-0.3, -0.25) is 4.79 Å². The molecule has 4 bridgehead atoms. The lowest BCUT2D eigenvalue weighted by Gasteiger charge is -2.59. The number of benzene rings is 1. The summed E-state index contributed by atoms with van der Waals surface area (Å²) in [4.78, 5) is 12.5. The van der Waals surface area contributed by atoms with Crippen molar-refractivity contribution in [3.63, 3.8) is 0 Å². The van der Waals surface area contributed by atoms with E-state index in [2.05, 4.69) is 13.8 Å². The van der Waals surface area contributed by atoms with Gasteiger partial charge in [0.15, 0.2) is 5.60 Å². The molecule has 1 aromatic rings. The molecule has 3 nitrogen and oxygen atoms in total. The van der Waals surface area contributed by atoms with Crippen molar-refractivity contribution in [2.75, 3.05) is 0 Å². The van der Waals surface area contributed by atoms with Crippen molar-refractivity contribution in [3.05, 3.63) is 35.4 Å². The molecular weight excluding hydrogens is 513 g/mol. The number of carbonyl (C=O) groups is 1. The van der Waals surface area contributed by atoms with E-state index in [1.807, 2.05) is 27.7 Å². The summed E-state index contributed by atoms with van der Waals surface area (Å²) < 4.78 is 43.9. The summed E-state index contributed by atoms with van der Waals surface area (Å²) in [5.41, 5.74) is -2.44. The number of alkyl halides is 3. The first-order chi connectivity index (χ1) is 16.5. The van der Waals surface area contributed by atoms with Crippen LogP contribution in [0.15, 0.2) is 24.3 Å². The molecule has 1 N–H and O–H groups in total. The van der Waals surface area contributed by atoms with Crippen LogP contribution in [0.3, 0.4) is 0 Å². The molecule has 236 valence electrons. The fraction of sp³-hybridized carbons (Fsp3) is 0.794. The Balaban J connectivity index is 0. The molecule has 4 saturated carbocycles. The lowest BCUT2D eigenvalue weighted by molar-refractivity contribution is -0.258. The molecule has 1 aromatic carbocycles. The molecule has 6 heteroatoms. The summed E-state index contributed by atoms with van der Waals surface area (Å²) in [5.74, 6) is 3.42. The molecule has 0 heterocycles. The first kappa shape index (κ1) is 40.6. The average Bonchev–Trinajstić information content (AvgIpc) is 2.81. The molecule has 0 aliphatic heterocycles. The number of hydrogen-bond donors (Lipinski definition) is 1. The molecule has 0 amide bonds. The van der Waals surface area contributed by atoms with Crippen LogP contribution in [0.4, 0.5) is 13.2 Å². The van der Waals surface area contributed by atoms with Crippen LogP contribution in [0, 0.1) is 29.1 Å². The number of aliphatic hydroxyl groups is 1. The number of ether oxygens (including phenoxy) is 1. The van der Waals surface area contributed by atoms with Crippen molar-refractivity contribution >= 4 is 5.97 Å². The Morgan fingerprint density at radius 2 is 1.35 bits per heavy atom. The predicted molar refractivity (Wildman–Crippen MR) is 163 cm³/mol. The van der Waals surface area contributed by atoms with Crippen LogP contribution in [0.5, 0.6) is 0 Å². The third-order valence-electron chi connectivity index (χ3n) is 9.71.